The van der Waals surface area contributed by atoms with Crippen LogP contribution in [-0.2, 0) is 15.1 Å². The largest absolute Gasteiger partial charge is 0.379 e. The number of hydrogen-bond acceptors (Lipinski definition) is 2. The minimum atomic E-state index is -0.263. The zero-order valence-electron chi connectivity index (χ0n) is 11.6. The Morgan fingerprint density at radius 1 is 1.00 bits per heavy atom. The molecule has 0 spiro atoms. The average Bonchev–Trinajstić information content (AvgIpc) is 2.37. The molecule has 1 atom stereocenters. The van der Waals surface area contributed by atoms with Crippen LogP contribution in [0.15, 0.2) is 30.3 Å². The zero-order valence-corrected chi connectivity index (χ0v) is 11.6. The van der Waals surface area contributed by atoms with Crippen molar-refractivity contribution in [2.75, 3.05) is 14.2 Å². The third-order valence-electron chi connectivity index (χ3n) is 3.53. The quantitative estimate of drug-likeness (QED) is 0.749. The van der Waals surface area contributed by atoms with Gasteiger partial charge in [0, 0.05) is 20.6 Å². The van der Waals surface area contributed by atoms with Crippen molar-refractivity contribution in [3.63, 3.8) is 0 Å². The summed E-state index contributed by atoms with van der Waals surface area (Å²) >= 11 is 0. The predicted molar refractivity (Wildman–Crippen MR) is 71.1 cm³/mol. The van der Waals surface area contributed by atoms with Gasteiger partial charge in [-0.05, 0) is 25.8 Å². The molecule has 0 bridgehead atoms. The lowest BCUT2D eigenvalue weighted by Gasteiger charge is -2.38. The standard InChI is InChI=1S/C15H24O2/c1-6-15(17-5,12-14(2,3)16-4)13-10-8-7-9-11-13/h7-11H,6,12H2,1-5H3/t15-/m1/s1. The second-order valence-electron chi connectivity index (χ2n) is 5.06. The highest BCUT2D eigenvalue weighted by atomic mass is 16.5. The van der Waals surface area contributed by atoms with E-state index in [0.29, 0.717) is 0 Å². The van der Waals surface area contributed by atoms with E-state index in [1.54, 1.807) is 14.2 Å². The van der Waals surface area contributed by atoms with E-state index in [9.17, 15) is 0 Å². The van der Waals surface area contributed by atoms with Crippen LogP contribution < -0.4 is 0 Å². The van der Waals surface area contributed by atoms with E-state index in [1.165, 1.54) is 5.56 Å². The first kappa shape index (κ1) is 14.2. The fraction of sp³-hybridized carbons (Fsp3) is 0.600. The molecule has 0 fully saturated rings. The Morgan fingerprint density at radius 3 is 2.00 bits per heavy atom. The normalized spacial score (nSPS) is 15.6. The first-order chi connectivity index (χ1) is 7.99. The van der Waals surface area contributed by atoms with E-state index in [0.717, 1.165) is 12.8 Å². The van der Waals surface area contributed by atoms with Crippen LogP contribution in [0.5, 0.6) is 0 Å². The van der Waals surface area contributed by atoms with Crippen molar-refractivity contribution in [1.29, 1.82) is 0 Å². The molecule has 0 aliphatic heterocycles. The summed E-state index contributed by atoms with van der Waals surface area (Å²) < 4.78 is 11.4. The van der Waals surface area contributed by atoms with Gasteiger partial charge in [-0.2, -0.15) is 0 Å². The van der Waals surface area contributed by atoms with Crippen LogP contribution in [-0.4, -0.2) is 19.8 Å². The Labute approximate surface area is 105 Å². The van der Waals surface area contributed by atoms with Crippen molar-refractivity contribution in [3.05, 3.63) is 35.9 Å². The molecule has 0 aliphatic rings. The Balaban J connectivity index is 3.06. The van der Waals surface area contributed by atoms with Gasteiger partial charge >= 0.3 is 0 Å². The summed E-state index contributed by atoms with van der Waals surface area (Å²) in [6.07, 6.45) is 1.77. The minimum absolute atomic E-state index is 0.193. The van der Waals surface area contributed by atoms with Crippen molar-refractivity contribution < 1.29 is 9.47 Å². The van der Waals surface area contributed by atoms with Crippen LogP contribution in [0.1, 0.15) is 39.2 Å². The number of rotatable bonds is 6. The summed E-state index contributed by atoms with van der Waals surface area (Å²) in [6, 6.07) is 10.4. The molecular weight excluding hydrogens is 212 g/mol. The second kappa shape index (κ2) is 5.65. The van der Waals surface area contributed by atoms with Gasteiger partial charge in [0.2, 0.25) is 0 Å². The Kier molecular flexibility index (Phi) is 4.72. The molecule has 96 valence electrons. The average molecular weight is 236 g/mol. The fourth-order valence-electron chi connectivity index (χ4n) is 2.27. The summed E-state index contributed by atoms with van der Waals surface area (Å²) in [5.41, 5.74) is 0.762. The molecular formula is C15H24O2. The Hall–Kier alpha value is -0.860. The topological polar surface area (TPSA) is 18.5 Å². The van der Waals surface area contributed by atoms with Crippen molar-refractivity contribution >= 4 is 0 Å². The molecule has 2 heteroatoms. The number of ether oxygens (including phenoxy) is 2. The summed E-state index contributed by atoms with van der Waals surface area (Å²) in [6.45, 7) is 6.35. The Morgan fingerprint density at radius 2 is 1.59 bits per heavy atom. The van der Waals surface area contributed by atoms with E-state index in [1.807, 2.05) is 6.07 Å². The molecule has 2 nitrogen and oxygen atoms in total. The van der Waals surface area contributed by atoms with E-state index < -0.39 is 0 Å². The molecule has 0 aromatic heterocycles. The first-order valence-electron chi connectivity index (χ1n) is 6.15. The molecule has 0 heterocycles. The van der Waals surface area contributed by atoms with Gasteiger partial charge in [-0.1, -0.05) is 37.3 Å². The third kappa shape index (κ3) is 3.30. The van der Waals surface area contributed by atoms with E-state index in [4.69, 9.17) is 9.47 Å². The lowest BCUT2D eigenvalue weighted by molar-refractivity contribution is -0.0944. The number of hydrogen-bond donors (Lipinski definition) is 0. The van der Waals surface area contributed by atoms with Crippen LogP contribution in [0, 0.1) is 0 Å². The molecule has 17 heavy (non-hydrogen) atoms. The van der Waals surface area contributed by atoms with E-state index in [-0.39, 0.29) is 11.2 Å². The SMILES string of the molecule is CC[C@](CC(C)(C)OC)(OC)c1ccccc1. The van der Waals surface area contributed by atoms with Crippen molar-refractivity contribution in [3.8, 4) is 0 Å². The van der Waals surface area contributed by atoms with Gasteiger partial charge in [0.05, 0.1) is 11.2 Å². The van der Waals surface area contributed by atoms with Crippen molar-refractivity contribution in [2.45, 2.75) is 44.8 Å². The number of benzene rings is 1. The molecule has 1 aromatic rings. The van der Waals surface area contributed by atoms with E-state index >= 15 is 0 Å². The monoisotopic (exact) mass is 236 g/mol. The second-order valence-corrected chi connectivity index (χ2v) is 5.06. The summed E-state index contributed by atoms with van der Waals surface area (Å²) in [5, 5.41) is 0. The van der Waals surface area contributed by atoms with Gasteiger partial charge in [0.25, 0.3) is 0 Å². The zero-order chi connectivity index (χ0) is 12.9. The molecule has 1 rings (SSSR count). The highest BCUT2D eigenvalue weighted by molar-refractivity contribution is 5.23. The fourth-order valence-corrected chi connectivity index (χ4v) is 2.27. The van der Waals surface area contributed by atoms with Gasteiger partial charge < -0.3 is 9.47 Å². The lowest BCUT2D eigenvalue weighted by atomic mass is 9.81. The third-order valence-corrected chi connectivity index (χ3v) is 3.53. The van der Waals surface area contributed by atoms with Crippen LogP contribution in [0.4, 0.5) is 0 Å². The maximum atomic E-state index is 5.83. The molecule has 0 unspecified atom stereocenters. The van der Waals surface area contributed by atoms with Gasteiger partial charge in [-0.3, -0.25) is 0 Å². The molecule has 0 aliphatic carbocycles. The summed E-state index contributed by atoms with van der Waals surface area (Å²) in [5.74, 6) is 0. The highest BCUT2D eigenvalue weighted by Crippen LogP contribution is 2.37. The van der Waals surface area contributed by atoms with Gasteiger partial charge in [-0.25, -0.2) is 0 Å². The maximum absolute atomic E-state index is 5.83. The summed E-state index contributed by atoms with van der Waals surface area (Å²) in [7, 11) is 3.53. The molecule has 1 aromatic carbocycles. The molecule has 0 saturated heterocycles. The molecule has 0 radical (unpaired) electrons. The van der Waals surface area contributed by atoms with Gasteiger partial charge in [0.1, 0.15) is 0 Å². The van der Waals surface area contributed by atoms with Crippen molar-refractivity contribution in [2.24, 2.45) is 0 Å². The van der Waals surface area contributed by atoms with Gasteiger partial charge in [0.15, 0.2) is 0 Å². The van der Waals surface area contributed by atoms with Crippen LogP contribution in [0.25, 0.3) is 0 Å². The smallest absolute Gasteiger partial charge is 0.0952 e. The molecule has 0 N–H and O–H groups in total. The predicted octanol–water partition coefficient (Wildman–Crippen LogP) is 3.75. The lowest BCUT2D eigenvalue weighted by Crippen LogP contribution is -2.38. The van der Waals surface area contributed by atoms with Gasteiger partial charge in [-0.15, -0.1) is 0 Å². The Bertz CT molecular complexity index is 326. The minimum Gasteiger partial charge on any atom is -0.379 e. The maximum Gasteiger partial charge on any atom is 0.0952 e. The first-order valence-corrected chi connectivity index (χ1v) is 6.15. The van der Waals surface area contributed by atoms with Crippen LogP contribution >= 0.6 is 0 Å². The van der Waals surface area contributed by atoms with Crippen LogP contribution in [0.3, 0.4) is 0 Å². The summed E-state index contributed by atoms with van der Waals surface area (Å²) in [4.78, 5) is 0. The van der Waals surface area contributed by atoms with Crippen LogP contribution in [0.2, 0.25) is 0 Å². The molecule has 0 saturated carbocycles. The van der Waals surface area contributed by atoms with E-state index in [2.05, 4.69) is 45.0 Å². The number of methoxy groups -OCH3 is 2. The van der Waals surface area contributed by atoms with Crippen molar-refractivity contribution in [1.82, 2.24) is 0 Å². The highest BCUT2D eigenvalue weighted by Gasteiger charge is 2.36. The molecule has 0 amide bonds.